The number of rotatable bonds is 3. The van der Waals surface area contributed by atoms with Gasteiger partial charge in [-0.25, -0.2) is 0 Å². The molecule has 3 aliphatic carbocycles. The van der Waals surface area contributed by atoms with Gasteiger partial charge in [-0.05, 0) is 54.4 Å². The molecule has 5 rings (SSSR count). The van der Waals surface area contributed by atoms with Crippen LogP contribution in [0, 0.1) is 17.3 Å². The van der Waals surface area contributed by atoms with E-state index in [1.807, 2.05) is 30.3 Å². The maximum Gasteiger partial charge on any atom is 0.255 e. The quantitative estimate of drug-likeness (QED) is 0.427. The van der Waals surface area contributed by atoms with E-state index >= 15 is 0 Å². The molecule has 0 aromatic heterocycles. The van der Waals surface area contributed by atoms with Gasteiger partial charge in [-0.3, -0.25) is 14.4 Å². The monoisotopic (exact) mass is 474 g/mol. The second-order valence-corrected chi connectivity index (χ2v) is 9.70. The third-order valence-electron chi connectivity index (χ3n) is 7.93. The van der Waals surface area contributed by atoms with Crippen molar-refractivity contribution < 1.29 is 29.7 Å². The Labute approximate surface area is 201 Å². The average Bonchev–Trinajstić information content (AvgIpc) is 2.82. The molecule has 1 unspecified atom stereocenters. The number of hydrogen-bond donors (Lipinski definition) is 5. The van der Waals surface area contributed by atoms with E-state index in [1.165, 1.54) is 6.92 Å². The SMILES string of the molecule is C[C@]12C(=O)C3=C(O)c4c(O)c(CN)cc(-c5ccccc5)c4C[C@H]3CC1CC(=O)C(C(N)=O)=C2O. The van der Waals surface area contributed by atoms with Crippen LogP contribution in [0.25, 0.3) is 16.9 Å². The molecule has 0 saturated heterocycles. The molecule has 0 radical (unpaired) electrons. The van der Waals surface area contributed by atoms with Crippen molar-refractivity contribution in [2.75, 3.05) is 0 Å². The van der Waals surface area contributed by atoms with Crippen molar-refractivity contribution in [1.82, 2.24) is 0 Å². The molecule has 7 N–H and O–H groups in total. The highest BCUT2D eigenvalue weighted by Crippen LogP contribution is 2.56. The van der Waals surface area contributed by atoms with Gasteiger partial charge in [0.05, 0.1) is 11.0 Å². The molecule has 1 fully saturated rings. The molecule has 8 heteroatoms. The minimum absolute atomic E-state index is 0.0202. The highest BCUT2D eigenvalue weighted by atomic mass is 16.3. The van der Waals surface area contributed by atoms with E-state index in [4.69, 9.17) is 11.5 Å². The molecule has 0 bridgehead atoms. The van der Waals surface area contributed by atoms with Crippen LogP contribution in [0.1, 0.15) is 36.5 Å². The van der Waals surface area contributed by atoms with E-state index in [0.717, 1.165) is 11.1 Å². The normalized spacial score (nSPS) is 25.8. The molecular weight excluding hydrogens is 448 g/mol. The predicted octanol–water partition coefficient (Wildman–Crippen LogP) is 2.82. The number of phenols is 1. The summed E-state index contributed by atoms with van der Waals surface area (Å²) in [5.41, 5.74) is 12.1. The first kappa shape index (κ1) is 22.9. The molecule has 0 heterocycles. The summed E-state index contributed by atoms with van der Waals surface area (Å²) in [5, 5.41) is 33.3. The number of allylic oxidation sites excluding steroid dienone is 2. The van der Waals surface area contributed by atoms with E-state index < -0.39 is 46.1 Å². The van der Waals surface area contributed by atoms with Crippen molar-refractivity contribution in [3.05, 3.63) is 70.0 Å². The zero-order valence-corrected chi connectivity index (χ0v) is 19.2. The number of aliphatic hydroxyl groups excluding tert-OH is 2. The minimum atomic E-state index is -1.58. The summed E-state index contributed by atoms with van der Waals surface area (Å²) in [7, 11) is 0. The summed E-state index contributed by atoms with van der Waals surface area (Å²) in [6.07, 6.45) is 0.568. The number of phenolic OH excluding ortho intramolecular Hbond substituents is 1. The molecule has 0 aliphatic heterocycles. The molecule has 2 aromatic carbocycles. The van der Waals surface area contributed by atoms with Gasteiger partial charge >= 0.3 is 0 Å². The summed E-state index contributed by atoms with van der Waals surface area (Å²) in [5.74, 6) is -4.46. The molecule has 1 amide bonds. The predicted molar refractivity (Wildman–Crippen MR) is 128 cm³/mol. The summed E-state index contributed by atoms with van der Waals surface area (Å²) >= 11 is 0. The lowest BCUT2D eigenvalue weighted by Crippen LogP contribution is -2.51. The Morgan fingerprint density at radius 3 is 2.43 bits per heavy atom. The van der Waals surface area contributed by atoms with Crippen molar-refractivity contribution in [3.8, 4) is 16.9 Å². The summed E-state index contributed by atoms with van der Waals surface area (Å²) in [4.78, 5) is 38.3. The van der Waals surface area contributed by atoms with E-state index in [0.29, 0.717) is 24.0 Å². The van der Waals surface area contributed by atoms with Crippen molar-refractivity contribution in [2.45, 2.75) is 32.7 Å². The number of benzene rings is 2. The molecule has 3 atom stereocenters. The summed E-state index contributed by atoms with van der Waals surface area (Å²) in [6.45, 7) is 1.49. The van der Waals surface area contributed by atoms with Gasteiger partial charge in [0, 0.05) is 24.1 Å². The van der Waals surface area contributed by atoms with Gasteiger partial charge in [-0.1, -0.05) is 30.3 Å². The molecule has 35 heavy (non-hydrogen) atoms. The van der Waals surface area contributed by atoms with Crippen LogP contribution in [0.4, 0.5) is 0 Å². The fourth-order valence-corrected chi connectivity index (χ4v) is 6.04. The number of hydrogen-bond acceptors (Lipinski definition) is 7. The third kappa shape index (κ3) is 3.06. The summed E-state index contributed by atoms with van der Waals surface area (Å²) < 4.78 is 0. The lowest BCUT2D eigenvalue weighted by atomic mass is 9.54. The van der Waals surface area contributed by atoms with Crippen LogP contribution in [-0.4, -0.2) is 32.8 Å². The number of Topliss-reactive ketones (excluding diaryl/α,β-unsaturated/α-hetero) is 2. The Balaban J connectivity index is 1.75. The van der Waals surface area contributed by atoms with Crippen LogP contribution in [-0.2, 0) is 27.3 Å². The van der Waals surface area contributed by atoms with Crippen LogP contribution in [0.3, 0.4) is 0 Å². The van der Waals surface area contributed by atoms with Crippen molar-refractivity contribution >= 4 is 23.2 Å². The molecule has 8 nitrogen and oxygen atoms in total. The Morgan fingerprint density at radius 1 is 1.11 bits per heavy atom. The number of nitrogens with two attached hydrogens (primary N) is 2. The second-order valence-electron chi connectivity index (χ2n) is 9.70. The van der Waals surface area contributed by atoms with Gasteiger partial charge in [-0.15, -0.1) is 0 Å². The number of carbonyl (C=O) groups excluding carboxylic acids is 3. The molecule has 0 spiro atoms. The Hall–Kier alpha value is -3.91. The maximum atomic E-state index is 13.9. The average molecular weight is 475 g/mol. The van der Waals surface area contributed by atoms with Crippen molar-refractivity contribution in [3.63, 3.8) is 0 Å². The second kappa shape index (κ2) is 7.81. The van der Waals surface area contributed by atoms with Crippen LogP contribution in [0.15, 0.2) is 53.3 Å². The molecular formula is C27H26N2O6. The number of amides is 1. The van der Waals surface area contributed by atoms with Gasteiger partial charge in [0.1, 0.15) is 22.8 Å². The third-order valence-corrected chi connectivity index (χ3v) is 7.93. The first-order valence-corrected chi connectivity index (χ1v) is 11.5. The maximum absolute atomic E-state index is 13.9. The van der Waals surface area contributed by atoms with Crippen LogP contribution < -0.4 is 11.5 Å². The Bertz CT molecular complexity index is 1370. The van der Waals surface area contributed by atoms with Crippen LogP contribution in [0.2, 0.25) is 0 Å². The Morgan fingerprint density at radius 2 is 1.80 bits per heavy atom. The molecule has 3 aliphatic rings. The highest BCUT2D eigenvalue weighted by Gasteiger charge is 2.58. The smallest absolute Gasteiger partial charge is 0.255 e. The standard InChI is InChI=1S/C27H26N2O6/c1-27-15(10-18(30)21(25(27)34)26(29)35)7-13-8-17-16(12-5-3-2-4-6-12)9-14(11-28)22(31)20(17)23(32)19(13)24(27)33/h2-6,9,13,15,31-32,34H,7-8,10-11,28H2,1H3,(H2,29,35)/t13-,15?,27-/m1/s1. The molecule has 1 saturated carbocycles. The highest BCUT2D eigenvalue weighted by molar-refractivity contribution is 6.22. The molecule has 180 valence electrons. The van der Waals surface area contributed by atoms with Gasteiger partial charge < -0.3 is 26.8 Å². The largest absolute Gasteiger partial charge is 0.510 e. The number of primary amides is 1. The van der Waals surface area contributed by atoms with Gasteiger partial charge in [0.15, 0.2) is 11.6 Å². The number of carbonyl (C=O) groups is 3. The first-order valence-electron chi connectivity index (χ1n) is 11.5. The van der Waals surface area contributed by atoms with Crippen LogP contribution >= 0.6 is 0 Å². The number of aromatic hydroxyl groups is 1. The van der Waals surface area contributed by atoms with Gasteiger partial charge in [0.2, 0.25) is 0 Å². The fourth-order valence-electron chi connectivity index (χ4n) is 6.04. The van der Waals surface area contributed by atoms with Crippen LogP contribution in [0.5, 0.6) is 5.75 Å². The van der Waals surface area contributed by atoms with E-state index in [2.05, 4.69) is 0 Å². The van der Waals surface area contributed by atoms with Crippen molar-refractivity contribution in [1.29, 1.82) is 0 Å². The number of fused-ring (bicyclic) bond motifs is 3. The lowest BCUT2D eigenvalue weighted by Gasteiger charge is -2.47. The van der Waals surface area contributed by atoms with E-state index in [-0.39, 0.29) is 35.6 Å². The zero-order valence-electron chi connectivity index (χ0n) is 19.2. The number of ketones is 2. The number of aliphatic hydroxyl groups is 2. The van der Waals surface area contributed by atoms with Crippen molar-refractivity contribution in [2.24, 2.45) is 28.7 Å². The zero-order chi connectivity index (χ0) is 25.2. The molecule has 2 aromatic rings. The van der Waals surface area contributed by atoms with Gasteiger partial charge in [-0.2, -0.15) is 0 Å². The lowest BCUT2D eigenvalue weighted by molar-refractivity contribution is -0.134. The van der Waals surface area contributed by atoms with E-state index in [1.54, 1.807) is 6.07 Å². The van der Waals surface area contributed by atoms with E-state index in [9.17, 15) is 29.7 Å². The Kier molecular flexibility index (Phi) is 5.10. The fraction of sp³-hybridized carbons (Fsp3) is 0.296. The summed E-state index contributed by atoms with van der Waals surface area (Å²) in [6, 6.07) is 11.3. The topological polar surface area (TPSA) is 164 Å². The first-order chi connectivity index (χ1) is 16.6. The van der Waals surface area contributed by atoms with Gasteiger partial charge in [0.25, 0.3) is 5.91 Å². The minimum Gasteiger partial charge on any atom is -0.510 e.